The summed E-state index contributed by atoms with van der Waals surface area (Å²) in [7, 11) is 0. The van der Waals surface area contributed by atoms with Crippen molar-refractivity contribution in [1.82, 2.24) is 0 Å². The molecule has 0 rings (SSSR count). The van der Waals surface area contributed by atoms with Crippen LogP contribution in [0.4, 0.5) is 0 Å². The van der Waals surface area contributed by atoms with Gasteiger partial charge >= 0.3 is 0 Å². The Morgan fingerprint density at radius 1 is 0.933 bits per heavy atom. The van der Waals surface area contributed by atoms with E-state index in [1.807, 2.05) is 0 Å². The molecule has 0 saturated carbocycles. The summed E-state index contributed by atoms with van der Waals surface area (Å²) in [4.78, 5) is 0. The lowest BCUT2D eigenvalue weighted by Gasteiger charge is -2.23. The summed E-state index contributed by atoms with van der Waals surface area (Å²) in [6.07, 6.45) is 4.01. The Balaban J connectivity index is 4.67. The van der Waals surface area contributed by atoms with Crippen molar-refractivity contribution in [3.63, 3.8) is 0 Å². The highest BCUT2D eigenvalue weighted by molar-refractivity contribution is 5.14. The maximum Gasteiger partial charge on any atom is -0.0201 e. The van der Waals surface area contributed by atoms with Crippen LogP contribution in [0.5, 0.6) is 0 Å². The average molecular weight is 210 g/mol. The Hall–Kier alpha value is -0.260. The van der Waals surface area contributed by atoms with Gasteiger partial charge in [-0.2, -0.15) is 0 Å². The molecule has 1 atom stereocenters. The molecule has 0 spiro atoms. The van der Waals surface area contributed by atoms with Crippen LogP contribution in [-0.4, -0.2) is 0 Å². The molecule has 0 fully saturated rings. The lowest BCUT2D eigenvalue weighted by Crippen LogP contribution is -2.09. The van der Waals surface area contributed by atoms with Crippen LogP contribution in [0.2, 0.25) is 0 Å². The molecule has 0 aromatic heterocycles. The van der Waals surface area contributed by atoms with Gasteiger partial charge in [-0.15, -0.1) is 0 Å². The summed E-state index contributed by atoms with van der Waals surface area (Å²) in [5.41, 5.74) is 3.26. The Morgan fingerprint density at radius 3 is 1.80 bits per heavy atom. The fourth-order valence-electron chi connectivity index (χ4n) is 2.21. The van der Waals surface area contributed by atoms with Crippen molar-refractivity contribution < 1.29 is 0 Å². The van der Waals surface area contributed by atoms with Crippen molar-refractivity contribution in [1.29, 1.82) is 0 Å². The van der Waals surface area contributed by atoms with Crippen LogP contribution in [0.1, 0.15) is 67.7 Å². The first kappa shape index (κ1) is 14.7. The van der Waals surface area contributed by atoms with E-state index in [-0.39, 0.29) is 0 Å². The number of hydrogen-bond donors (Lipinski definition) is 0. The Morgan fingerprint density at radius 2 is 1.47 bits per heavy atom. The van der Waals surface area contributed by atoms with E-state index in [9.17, 15) is 0 Å². The van der Waals surface area contributed by atoms with E-state index in [0.29, 0.717) is 5.92 Å². The lowest BCUT2D eigenvalue weighted by atomic mass is 9.83. The van der Waals surface area contributed by atoms with E-state index in [4.69, 9.17) is 0 Å². The highest BCUT2D eigenvalue weighted by Crippen LogP contribution is 2.29. The minimum Gasteiger partial charge on any atom is -0.0716 e. The van der Waals surface area contributed by atoms with Crippen LogP contribution in [0.25, 0.3) is 0 Å². The Labute approximate surface area is 97.2 Å². The summed E-state index contributed by atoms with van der Waals surface area (Å²) in [6, 6.07) is 0. The highest BCUT2D eigenvalue weighted by Gasteiger charge is 2.14. The summed E-state index contributed by atoms with van der Waals surface area (Å²) in [6.45, 7) is 16.2. The minimum atomic E-state index is 0.705. The third-order valence-electron chi connectivity index (χ3n) is 3.49. The molecule has 0 aliphatic carbocycles. The first-order chi connectivity index (χ1) is 6.90. The second-order valence-electron chi connectivity index (χ2n) is 5.64. The predicted molar refractivity (Wildman–Crippen MR) is 71.1 cm³/mol. The standard InChI is InChI=1S/C15H30/c1-8-9-15(10-11(2)3)14(7)13(6)12(4)5/h11-12,15H,8-10H2,1-7H3. The SMILES string of the molecule is CCCC(CC(C)C)C(C)=C(C)C(C)C. The monoisotopic (exact) mass is 210 g/mol. The molecule has 0 bridgehead atoms. The lowest BCUT2D eigenvalue weighted by molar-refractivity contribution is 0.424. The molecule has 0 N–H and O–H groups in total. The van der Waals surface area contributed by atoms with Gasteiger partial charge in [0.05, 0.1) is 0 Å². The maximum absolute atomic E-state index is 2.35. The average Bonchev–Trinajstić information content (AvgIpc) is 2.14. The fourth-order valence-corrected chi connectivity index (χ4v) is 2.21. The molecule has 15 heavy (non-hydrogen) atoms. The van der Waals surface area contributed by atoms with Crippen LogP contribution in [0.15, 0.2) is 11.1 Å². The van der Waals surface area contributed by atoms with Gasteiger partial charge in [0.15, 0.2) is 0 Å². The van der Waals surface area contributed by atoms with Gasteiger partial charge in [-0.25, -0.2) is 0 Å². The molecular formula is C15H30. The quantitative estimate of drug-likeness (QED) is 0.512. The van der Waals surface area contributed by atoms with Crippen molar-refractivity contribution in [2.45, 2.75) is 67.7 Å². The number of allylic oxidation sites excluding steroid dienone is 2. The third kappa shape index (κ3) is 5.39. The van der Waals surface area contributed by atoms with Crippen LogP contribution in [0, 0.1) is 17.8 Å². The van der Waals surface area contributed by atoms with Crippen molar-refractivity contribution in [3.8, 4) is 0 Å². The summed E-state index contributed by atoms with van der Waals surface area (Å²) < 4.78 is 0. The molecular weight excluding hydrogens is 180 g/mol. The molecule has 0 saturated heterocycles. The minimum absolute atomic E-state index is 0.705. The topological polar surface area (TPSA) is 0 Å². The molecule has 0 aliphatic heterocycles. The smallest absolute Gasteiger partial charge is 0.0201 e. The van der Waals surface area contributed by atoms with Crippen LogP contribution in [0.3, 0.4) is 0 Å². The molecule has 90 valence electrons. The zero-order chi connectivity index (χ0) is 12.0. The Kier molecular flexibility index (Phi) is 6.96. The molecule has 0 nitrogen and oxygen atoms in total. The fraction of sp³-hybridized carbons (Fsp3) is 0.867. The Bertz CT molecular complexity index is 196. The molecule has 0 heterocycles. The number of rotatable bonds is 6. The van der Waals surface area contributed by atoms with Crippen molar-refractivity contribution in [3.05, 3.63) is 11.1 Å². The van der Waals surface area contributed by atoms with Crippen LogP contribution in [-0.2, 0) is 0 Å². The van der Waals surface area contributed by atoms with Crippen molar-refractivity contribution in [2.75, 3.05) is 0 Å². The normalized spacial score (nSPS) is 15.8. The van der Waals surface area contributed by atoms with Gasteiger partial charge in [-0.1, -0.05) is 52.2 Å². The molecule has 0 aromatic rings. The molecule has 0 aliphatic rings. The van der Waals surface area contributed by atoms with Gasteiger partial charge in [0.25, 0.3) is 0 Å². The molecule has 0 aromatic carbocycles. The van der Waals surface area contributed by atoms with E-state index in [1.54, 1.807) is 11.1 Å². The van der Waals surface area contributed by atoms with Gasteiger partial charge in [0.1, 0.15) is 0 Å². The zero-order valence-electron chi connectivity index (χ0n) is 11.9. The number of hydrogen-bond acceptors (Lipinski definition) is 0. The van der Waals surface area contributed by atoms with Crippen LogP contribution >= 0.6 is 0 Å². The molecule has 0 radical (unpaired) electrons. The second kappa shape index (κ2) is 7.09. The van der Waals surface area contributed by atoms with Gasteiger partial charge in [-0.05, 0) is 44.4 Å². The van der Waals surface area contributed by atoms with Crippen LogP contribution < -0.4 is 0 Å². The van der Waals surface area contributed by atoms with Gasteiger partial charge in [0.2, 0.25) is 0 Å². The molecule has 1 unspecified atom stereocenters. The van der Waals surface area contributed by atoms with E-state index in [1.165, 1.54) is 19.3 Å². The summed E-state index contributed by atoms with van der Waals surface area (Å²) >= 11 is 0. The predicted octanol–water partition coefficient (Wildman–Crippen LogP) is 5.44. The van der Waals surface area contributed by atoms with E-state index < -0.39 is 0 Å². The van der Waals surface area contributed by atoms with Gasteiger partial charge in [0, 0.05) is 0 Å². The molecule has 0 amide bonds. The van der Waals surface area contributed by atoms with E-state index in [2.05, 4.69) is 48.5 Å². The van der Waals surface area contributed by atoms with Crippen molar-refractivity contribution in [2.24, 2.45) is 17.8 Å². The third-order valence-corrected chi connectivity index (χ3v) is 3.49. The van der Waals surface area contributed by atoms with E-state index in [0.717, 1.165) is 11.8 Å². The summed E-state index contributed by atoms with van der Waals surface area (Å²) in [5.74, 6) is 2.34. The van der Waals surface area contributed by atoms with Gasteiger partial charge < -0.3 is 0 Å². The summed E-state index contributed by atoms with van der Waals surface area (Å²) in [5, 5.41) is 0. The zero-order valence-corrected chi connectivity index (χ0v) is 11.9. The van der Waals surface area contributed by atoms with E-state index >= 15 is 0 Å². The van der Waals surface area contributed by atoms with Crippen molar-refractivity contribution >= 4 is 0 Å². The first-order valence-electron chi connectivity index (χ1n) is 6.57. The largest absolute Gasteiger partial charge is 0.0716 e. The molecule has 0 heteroatoms. The highest BCUT2D eigenvalue weighted by atomic mass is 14.2. The first-order valence-corrected chi connectivity index (χ1v) is 6.57. The van der Waals surface area contributed by atoms with Gasteiger partial charge in [-0.3, -0.25) is 0 Å². The maximum atomic E-state index is 2.35. The second-order valence-corrected chi connectivity index (χ2v) is 5.64.